The Bertz CT molecular complexity index is 295. The van der Waals surface area contributed by atoms with Gasteiger partial charge in [0.15, 0.2) is 0 Å². The molecule has 0 aliphatic carbocycles. The van der Waals surface area contributed by atoms with Gasteiger partial charge >= 0.3 is 5.97 Å². The monoisotopic (exact) mass is 194 g/mol. The fraction of sp³-hybridized carbons (Fsp3) is 0.200. The minimum absolute atomic E-state index is 0.472. The van der Waals surface area contributed by atoms with Crippen LogP contribution in [0, 0.1) is 5.92 Å². The number of hydrogen-bond acceptors (Lipinski definition) is 2. The summed E-state index contributed by atoms with van der Waals surface area (Å²) in [5, 5.41) is 10.0. The van der Waals surface area contributed by atoms with E-state index in [1.165, 1.54) is 5.37 Å². The first-order valence-corrected chi connectivity index (χ1v) is 4.43. The van der Waals surface area contributed by atoms with Crippen molar-refractivity contribution in [3.05, 3.63) is 35.9 Å². The Labute approximate surface area is 82.2 Å². The average Bonchev–Trinajstić information content (AvgIpc) is 2.15. The molecule has 0 bridgehead atoms. The molecule has 2 nitrogen and oxygen atoms in total. The van der Waals surface area contributed by atoms with E-state index in [1.54, 1.807) is 0 Å². The van der Waals surface area contributed by atoms with Crippen LogP contribution in [0.5, 0.6) is 0 Å². The highest BCUT2D eigenvalue weighted by Crippen LogP contribution is 2.07. The molecule has 0 fully saturated rings. The Morgan fingerprint density at radius 1 is 1.46 bits per heavy atom. The van der Waals surface area contributed by atoms with E-state index in [9.17, 15) is 4.79 Å². The van der Waals surface area contributed by atoms with Crippen molar-refractivity contribution in [3.8, 4) is 0 Å². The lowest BCUT2D eigenvalue weighted by Crippen LogP contribution is -2.16. The van der Waals surface area contributed by atoms with Crippen LogP contribution in [-0.2, 0) is 11.2 Å². The summed E-state index contributed by atoms with van der Waals surface area (Å²) in [6, 6.07) is 9.47. The maximum absolute atomic E-state index is 10.6. The van der Waals surface area contributed by atoms with E-state index in [0.29, 0.717) is 6.42 Å². The maximum Gasteiger partial charge on any atom is 0.311 e. The summed E-state index contributed by atoms with van der Waals surface area (Å²) in [7, 11) is 0. The molecule has 0 aromatic heterocycles. The highest BCUT2D eigenvalue weighted by Gasteiger charge is 2.13. The van der Waals surface area contributed by atoms with E-state index in [2.05, 4.69) is 12.2 Å². The molecule has 1 aromatic rings. The smallest absolute Gasteiger partial charge is 0.311 e. The summed E-state index contributed by atoms with van der Waals surface area (Å²) in [6.45, 7) is 0. The summed E-state index contributed by atoms with van der Waals surface area (Å²) in [5.74, 6) is -1.42. The zero-order valence-electron chi connectivity index (χ0n) is 7.01. The topological polar surface area (TPSA) is 37.3 Å². The zero-order valence-corrected chi connectivity index (χ0v) is 7.83. The van der Waals surface area contributed by atoms with Crippen molar-refractivity contribution in [3.63, 3.8) is 0 Å². The summed E-state index contributed by atoms with van der Waals surface area (Å²) in [4.78, 5) is 10.6. The van der Waals surface area contributed by atoms with Crippen molar-refractivity contribution in [1.29, 1.82) is 0 Å². The minimum atomic E-state index is -0.862. The third-order valence-electron chi connectivity index (χ3n) is 1.78. The Kier molecular flexibility index (Phi) is 3.58. The molecule has 0 amide bonds. The van der Waals surface area contributed by atoms with Crippen LogP contribution >= 0.6 is 12.2 Å². The maximum atomic E-state index is 10.6. The van der Waals surface area contributed by atoms with Crippen LogP contribution in [0.3, 0.4) is 0 Å². The summed E-state index contributed by atoms with van der Waals surface area (Å²) in [5.41, 5.74) is 0.996. The van der Waals surface area contributed by atoms with Gasteiger partial charge in [-0.05, 0) is 17.4 Å². The average molecular weight is 194 g/mol. The van der Waals surface area contributed by atoms with Gasteiger partial charge in [-0.25, -0.2) is 0 Å². The van der Waals surface area contributed by atoms with Crippen LogP contribution in [0.1, 0.15) is 5.56 Å². The lowest BCUT2D eigenvalue weighted by atomic mass is 10.0. The zero-order chi connectivity index (χ0) is 9.68. The SMILES string of the molecule is O=C(O)C(C=S)Cc1ccccc1. The number of thiocarbonyl (C=S) groups is 1. The Morgan fingerprint density at radius 3 is 2.54 bits per heavy atom. The second-order valence-electron chi connectivity index (χ2n) is 2.77. The fourth-order valence-corrected chi connectivity index (χ4v) is 1.27. The number of aliphatic carboxylic acids is 1. The Balaban J connectivity index is 2.67. The standard InChI is InChI=1S/C10H10O2S/c11-10(12)9(7-13)6-8-4-2-1-3-5-8/h1-5,7,9H,6H2,(H,11,12). The number of carboxylic acids is 1. The lowest BCUT2D eigenvalue weighted by molar-refractivity contribution is -0.139. The normalized spacial score (nSPS) is 12.0. The van der Waals surface area contributed by atoms with E-state index in [-0.39, 0.29) is 0 Å². The number of carboxylic acid groups (broad SMARTS) is 1. The minimum Gasteiger partial charge on any atom is -0.481 e. The van der Waals surface area contributed by atoms with Gasteiger partial charge in [-0.2, -0.15) is 0 Å². The van der Waals surface area contributed by atoms with Gasteiger partial charge in [-0.1, -0.05) is 42.5 Å². The molecule has 0 saturated carbocycles. The quantitative estimate of drug-likeness (QED) is 0.744. The van der Waals surface area contributed by atoms with Crippen LogP contribution in [0.25, 0.3) is 0 Å². The first-order chi connectivity index (χ1) is 6.24. The molecular formula is C10H10O2S. The Morgan fingerprint density at radius 2 is 2.08 bits per heavy atom. The molecule has 0 radical (unpaired) electrons. The predicted molar refractivity (Wildman–Crippen MR) is 54.9 cm³/mol. The van der Waals surface area contributed by atoms with E-state index >= 15 is 0 Å². The third kappa shape index (κ3) is 2.95. The fourth-order valence-electron chi connectivity index (χ4n) is 1.06. The van der Waals surface area contributed by atoms with E-state index in [4.69, 9.17) is 5.11 Å². The highest BCUT2D eigenvalue weighted by molar-refractivity contribution is 7.79. The summed E-state index contributed by atoms with van der Waals surface area (Å²) < 4.78 is 0. The van der Waals surface area contributed by atoms with E-state index in [1.807, 2.05) is 30.3 Å². The van der Waals surface area contributed by atoms with E-state index in [0.717, 1.165) is 5.56 Å². The van der Waals surface area contributed by atoms with Crippen molar-refractivity contribution in [1.82, 2.24) is 0 Å². The van der Waals surface area contributed by atoms with Crippen molar-refractivity contribution in [2.45, 2.75) is 6.42 Å². The summed E-state index contributed by atoms with van der Waals surface area (Å²) >= 11 is 4.64. The van der Waals surface area contributed by atoms with Crippen LogP contribution in [-0.4, -0.2) is 16.4 Å². The molecule has 1 rings (SSSR count). The van der Waals surface area contributed by atoms with Gasteiger partial charge in [0.05, 0.1) is 5.92 Å². The molecule has 1 N–H and O–H groups in total. The molecule has 3 heteroatoms. The van der Waals surface area contributed by atoms with Gasteiger partial charge in [0, 0.05) is 0 Å². The highest BCUT2D eigenvalue weighted by atomic mass is 32.1. The molecular weight excluding hydrogens is 184 g/mol. The van der Waals surface area contributed by atoms with Gasteiger partial charge in [-0.3, -0.25) is 4.79 Å². The third-order valence-corrected chi connectivity index (χ3v) is 2.11. The van der Waals surface area contributed by atoms with Crippen LogP contribution in [0.15, 0.2) is 30.3 Å². The van der Waals surface area contributed by atoms with Crippen LogP contribution in [0.4, 0.5) is 0 Å². The van der Waals surface area contributed by atoms with Gasteiger partial charge in [0.1, 0.15) is 0 Å². The largest absolute Gasteiger partial charge is 0.481 e. The van der Waals surface area contributed by atoms with Crippen LogP contribution in [0.2, 0.25) is 0 Å². The second kappa shape index (κ2) is 4.72. The van der Waals surface area contributed by atoms with Gasteiger partial charge in [-0.15, -0.1) is 0 Å². The van der Waals surface area contributed by atoms with Gasteiger partial charge in [0.25, 0.3) is 0 Å². The van der Waals surface area contributed by atoms with Crippen molar-refractivity contribution < 1.29 is 9.90 Å². The molecule has 1 atom stereocenters. The molecule has 1 aromatic carbocycles. The van der Waals surface area contributed by atoms with Crippen molar-refractivity contribution >= 4 is 23.6 Å². The number of benzene rings is 1. The van der Waals surface area contributed by atoms with Crippen LogP contribution < -0.4 is 0 Å². The first-order valence-electron chi connectivity index (χ1n) is 3.96. The molecule has 0 aliphatic rings. The van der Waals surface area contributed by atoms with E-state index < -0.39 is 11.9 Å². The second-order valence-corrected chi connectivity index (χ2v) is 3.04. The molecule has 13 heavy (non-hydrogen) atoms. The van der Waals surface area contributed by atoms with Gasteiger partial charge < -0.3 is 5.11 Å². The molecule has 68 valence electrons. The molecule has 0 aliphatic heterocycles. The molecule has 0 heterocycles. The van der Waals surface area contributed by atoms with Crippen molar-refractivity contribution in [2.75, 3.05) is 0 Å². The summed E-state index contributed by atoms with van der Waals surface area (Å²) in [6.07, 6.45) is 0.472. The molecule has 1 unspecified atom stereocenters. The number of rotatable bonds is 4. The molecule has 0 saturated heterocycles. The van der Waals surface area contributed by atoms with Gasteiger partial charge in [0.2, 0.25) is 0 Å². The Hall–Kier alpha value is -1.22. The lowest BCUT2D eigenvalue weighted by Gasteiger charge is -2.05. The number of carbonyl (C=O) groups is 1. The molecule has 0 spiro atoms. The first kappa shape index (κ1) is 9.86. The van der Waals surface area contributed by atoms with Crippen molar-refractivity contribution in [2.24, 2.45) is 5.92 Å². The number of hydrogen-bond donors (Lipinski definition) is 1. The predicted octanol–water partition coefficient (Wildman–Crippen LogP) is 1.93.